The van der Waals surface area contributed by atoms with E-state index in [1.807, 2.05) is 0 Å². The van der Waals surface area contributed by atoms with E-state index in [1.165, 1.54) is 13.1 Å². The standard InChI is InChI=1S/C12H8F6N2O.ClH/c1-20-10(6-9(19-20)12(16,17)18)21-8-4-2-3-7(5-8)11(13,14)15;/h2-6H,1H3;1H/p-1. The van der Waals surface area contributed by atoms with Crippen LogP contribution in [-0.2, 0) is 19.4 Å². The molecule has 1 aromatic heterocycles. The Kier molecular flexibility index (Phi) is 5.01. The lowest BCUT2D eigenvalue weighted by atomic mass is 10.2. The molecule has 22 heavy (non-hydrogen) atoms. The van der Waals surface area contributed by atoms with Crippen molar-refractivity contribution in [3.05, 3.63) is 41.6 Å². The summed E-state index contributed by atoms with van der Waals surface area (Å²) < 4.78 is 80.8. The summed E-state index contributed by atoms with van der Waals surface area (Å²) in [7, 11) is 1.19. The minimum atomic E-state index is -4.66. The number of halogens is 7. The minimum absolute atomic E-state index is 0. The molecule has 0 saturated carbocycles. The Bertz CT molecular complexity index is 650. The lowest BCUT2D eigenvalue weighted by molar-refractivity contribution is -0.141. The zero-order valence-corrected chi connectivity index (χ0v) is 11.6. The molecule has 3 nitrogen and oxygen atoms in total. The van der Waals surface area contributed by atoms with Gasteiger partial charge in [0.15, 0.2) is 5.69 Å². The van der Waals surface area contributed by atoms with Crippen LogP contribution in [0, 0.1) is 0 Å². The molecule has 0 N–H and O–H groups in total. The van der Waals surface area contributed by atoms with Crippen LogP contribution in [0.3, 0.4) is 0 Å². The van der Waals surface area contributed by atoms with Crippen LogP contribution in [0.25, 0.3) is 0 Å². The van der Waals surface area contributed by atoms with Gasteiger partial charge in [-0.05, 0) is 18.2 Å². The quantitative estimate of drug-likeness (QED) is 0.766. The summed E-state index contributed by atoms with van der Waals surface area (Å²) in [5.41, 5.74) is -2.15. The highest BCUT2D eigenvalue weighted by Gasteiger charge is 2.35. The maximum Gasteiger partial charge on any atom is 0.435 e. The van der Waals surface area contributed by atoms with Gasteiger partial charge in [0.2, 0.25) is 5.88 Å². The first-order valence-electron chi connectivity index (χ1n) is 5.54. The van der Waals surface area contributed by atoms with E-state index in [2.05, 4.69) is 5.10 Å². The molecule has 0 bridgehead atoms. The maximum atomic E-state index is 12.5. The number of benzene rings is 1. The first kappa shape index (κ1) is 18.1. The summed E-state index contributed by atoms with van der Waals surface area (Å²) in [5, 5.41) is 3.19. The second-order valence-corrected chi connectivity index (χ2v) is 4.12. The van der Waals surface area contributed by atoms with Crippen molar-refractivity contribution in [2.45, 2.75) is 12.4 Å². The number of aromatic nitrogens is 2. The summed E-state index contributed by atoms with van der Waals surface area (Å²) >= 11 is 0. The molecule has 0 radical (unpaired) electrons. The molecule has 0 spiro atoms. The molecule has 0 atom stereocenters. The Balaban J connectivity index is 0.00000242. The molecule has 0 fully saturated rings. The highest BCUT2D eigenvalue weighted by atomic mass is 35.5. The van der Waals surface area contributed by atoms with Gasteiger partial charge in [-0.2, -0.15) is 31.4 Å². The van der Waals surface area contributed by atoms with E-state index in [4.69, 9.17) is 4.74 Å². The van der Waals surface area contributed by atoms with E-state index in [0.717, 1.165) is 16.8 Å². The van der Waals surface area contributed by atoms with Crippen molar-refractivity contribution in [3.8, 4) is 11.6 Å². The zero-order chi connectivity index (χ0) is 15.8. The van der Waals surface area contributed by atoms with Crippen molar-refractivity contribution in [1.29, 1.82) is 0 Å². The van der Waals surface area contributed by atoms with Crippen molar-refractivity contribution < 1.29 is 43.5 Å². The number of hydrogen-bond donors (Lipinski definition) is 0. The van der Waals surface area contributed by atoms with Crippen LogP contribution in [0.4, 0.5) is 26.3 Å². The van der Waals surface area contributed by atoms with E-state index >= 15 is 0 Å². The normalized spacial score (nSPS) is 12.0. The van der Waals surface area contributed by atoms with Crippen LogP contribution in [0.2, 0.25) is 0 Å². The van der Waals surface area contributed by atoms with Crippen molar-refractivity contribution >= 4 is 0 Å². The summed E-state index contributed by atoms with van der Waals surface area (Å²) in [4.78, 5) is 0. The second-order valence-electron chi connectivity index (χ2n) is 4.12. The van der Waals surface area contributed by atoms with Gasteiger partial charge in [0, 0.05) is 13.1 Å². The average molecular weight is 346 g/mol. The van der Waals surface area contributed by atoms with Gasteiger partial charge in [0.25, 0.3) is 0 Å². The van der Waals surface area contributed by atoms with E-state index in [-0.39, 0.29) is 24.0 Å². The van der Waals surface area contributed by atoms with Gasteiger partial charge in [0.1, 0.15) is 5.75 Å². The lowest BCUT2D eigenvalue weighted by Crippen LogP contribution is -3.00. The summed E-state index contributed by atoms with van der Waals surface area (Å²) in [5.74, 6) is -0.553. The summed E-state index contributed by atoms with van der Waals surface area (Å²) in [6.07, 6.45) is -9.23. The fraction of sp³-hybridized carbons (Fsp3) is 0.250. The predicted octanol–water partition coefficient (Wildman–Crippen LogP) is 1.25. The molecule has 0 aliphatic carbocycles. The third kappa shape index (κ3) is 4.06. The number of aryl methyl sites for hydroxylation is 1. The fourth-order valence-electron chi connectivity index (χ4n) is 1.54. The Hall–Kier alpha value is -1.90. The summed E-state index contributed by atoms with van der Waals surface area (Å²) in [6.45, 7) is 0. The number of ether oxygens (including phenoxy) is 1. The molecule has 0 amide bonds. The summed E-state index contributed by atoms with van der Waals surface area (Å²) in [6, 6.07) is 4.44. The highest BCUT2D eigenvalue weighted by Crippen LogP contribution is 2.34. The molecule has 122 valence electrons. The monoisotopic (exact) mass is 345 g/mol. The third-order valence-electron chi connectivity index (χ3n) is 2.51. The molecule has 0 saturated heterocycles. The molecular formula is C12H8ClF6N2O-. The molecule has 0 aliphatic rings. The Morgan fingerprint density at radius 2 is 1.64 bits per heavy atom. The number of hydrogen-bond acceptors (Lipinski definition) is 2. The van der Waals surface area contributed by atoms with E-state index < -0.39 is 23.6 Å². The Labute approximate surface area is 126 Å². The average Bonchev–Trinajstić information content (AvgIpc) is 2.70. The van der Waals surface area contributed by atoms with Crippen LogP contribution >= 0.6 is 0 Å². The first-order chi connectivity index (χ1) is 9.57. The molecule has 2 aromatic rings. The van der Waals surface area contributed by atoms with E-state index in [1.54, 1.807) is 0 Å². The van der Waals surface area contributed by atoms with Gasteiger partial charge in [-0.1, -0.05) is 6.07 Å². The van der Waals surface area contributed by atoms with Crippen LogP contribution < -0.4 is 17.1 Å². The van der Waals surface area contributed by atoms with Crippen molar-refractivity contribution in [3.63, 3.8) is 0 Å². The van der Waals surface area contributed by atoms with Gasteiger partial charge < -0.3 is 17.1 Å². The van der Waals surface area contributed by atoms with Crippen molar-refractivity contribution in [2.75, 3.05) is 0 Å². The number of rotatable bonds is 2. The van der Waals surface area contributed by atoms with E-state index in [9.17, 15) is 26.3 Å². The maximum absolute atomic E-state index is 12.5. The molecule has 2 rings (SSSR count). The largest absolute Gasteiger partial charge is 1.00 e. The van der Waals surface area contributed by atoms with Gasteiger partial charge in [-0.3, -0.25) is 0 Å². The number of nitrogens with zero attached hydrogens (tertiary/aromatic N) is 2. The topological polar surface area (TPSA) is 27.1 Å². The highest BCUT2D eigenvalue weighted by molar-refractivity contribution is 5.33. The Morgan fingerprint density at radius 1 is 1.00 bits per heavy atom. The smallest absolute Gasteiger partial charge is 0.435 e. The second kappa shape index (κ2) is 6.07. The molecule has 0 aliphatic heterocycles. The Morgan fingerprint density at radius 3 is 2.14 bits per heavy atom. The molecule has 1 aromatic carbocycles. The minimum Gasteiger partial charge on any atom is -1.00 e. The van der Waals surface area contributed by atoms with E-state index in [0.29, 0.717) is 12.1 Å². The SMILES string of the molecule is Cn1nc(C(F)(F)F)cc1Oc1cccc(C(F)(F)F)c1.[Cl-]. The van der Waals surface area contributed by atoms with Crippen molar-refractivity contribution in [2.24, 2.45) is 7.05 Å². The van der Waals surface area contributed by atoms with Crippen LogP contribution in [0.15, 0.2) is 30.3 Å². The lowest BCUT2D eigenvalue weighted by Gasteiger charge is -2.09. The van der Waals surface area contributed by atoms with Gasteiger partial charge >= 0.3 is 12.4 Å². The fourth-order valence-corrected chi connectivity index (χ4v) is 1.54. The molecule has 1 heterocycles. The van der Waals surface area contributed by atoms with Crippen molar-refractivity contribution in [1.82, 2.24) is 9.78 Å². The molecular weight excluding hydrogens is 338 g/mol. The first-order valence-corrected chi connectivity index (χ1v) is 5.54. The number of alkyl halides is 6. The molecule has 10 heteroatoms. The zero-order valence-electron chi connectivity index (χ0n) is 10.8. The third-order valence-corrected chi connectivity index (χ3v) is 2.51. The van der Waals surface area contributed by atoms with Crippen LogP contribution in [-0.4, -0.2) is 9.78 Å². The van der Waals surface area contributed by atoms with Crippen LogP contribution in [0.1, 0.15) is 11.3 Å². The van der Waals surface area contributed by atoms with Gasteiger partial charge in [0.05, 0.1) is 5.56 Å². The van der Waals surface area contributed by atoms with Gasteiger partial charge in [-0.15, -0.1) is 0 Å². The van der Waals surface area contributed by atoms with Crippen LogP contribution in [0.5, 0.6) is 11.6 Å². The predicted molar refractivity (Wildman–Crippen MR) is 59.7 cm³/mol. The van der Waals surface area contributed by atoms with Gasteiger partial charge in [-0.25, -0.2) is 4.68 Å². The molecule has 0 unspecified atom stereocenters.